The van der Waals surface area contributed by atoms with E-state index in [0.717, 1.165) is 22.9 Å². The molecule has 0 bridgehead atoms. The molecule has 0 unspecified atom stereocenters. The van der Waals surface area contributed by atoms with Crippen LogP contribution in [-0.4, -0.2) is 17.6 Å². The molecule has 0 heterocycles. The van der Waals surface area contributed by atoms with Crippen LogP contribution >= 0.6 is 15.9 Å². The van der Waals surface area contributed by atoms with Crippen LogP contribution < -0.4 is 5.32 Å². The molecule has 1 aliphatic carbocycles. The number of hydrogen-bond acceptors (Lipinski definition) is 3. The highest BCUT2D eigenvalue weighted by molar-refractivity contribution is 9.10. The number of rotatable bonds is 5. The molecule has 0 aromatic heterocycles. The van der Waals surface area contributed by atoms with E-state index in [-0.39, 0.29) is 12.1 Å². The van der Waals surface area contributed by atoms with Crippen molar-refractivity contribution in [1.82, 2.24) is 5.32 Å². The molecular formula is C20H24BrNO2. The Morgan fingerprint density at radius 3 is 2.58 bits per heavy atom. The molecule has 128 valence electrons. The van der Waals surface area contributed by atoms with E-state index in [4.69, 9.17) is 4.74 Å². The molecule has 1 N–H and O–H groups in total. The second kappa shape index (κ2) is 7.24. The lowest BCUT2D eigenvalue weighted by Crippen LogP contribution is -2.48. The van der Waals surface area contributed by atoms with Crippen molar-refractivity contribution in [2.24, 2.45) is 0 Å². The Balaban J connectivity index is 1.63. The molecule has 2 aromatic rings. The number of carbonyl (C=O) groups excluding carboxylic acids is 1. The molecule has 0 atom stereocenters. The maximum Gasteiger partial charge on any atom is 0.326 e. The van der Waals surface area contributed by atoms with Crippen LogP contribution in [0.15, 0.2) is 40.9 Å². The Bertz CT molecular complexity index is 735. The first-order valence-corrected chi connectivity index (χ1v) is 9.38. The molecule has 1 saturated carbocycles. The molecule has 3 nitrogen and oxygen atoms in total. The molecule has 2 aromatic carbocycles. The molecule has 0 aliphatic heterocycles. The van der Waals surface area contributed by atoms with Gasteiger partial charge in [0.05, 0.1) is 0 Å². The van der Waals surface area contributed by atoms with Gasteiger partial charge in [-0.2, -0.15) is 0 Å². The molecule has 1 aliphatic rings. The Labute approximate surface area is 151 Å². The highest BCUT2D eigenvalue weighted by Crippen LogP contribution is 2.24. The quantitative estimate of drug-likeness (QED) is 0.734. The van der Waals surface area contributed by atoms with Gasteiger partial charge >= 0.3 is 5.97 Å². The molecule has 0 spiro atoms. The summed E-state index contributed by atoms with van der Waals surface area (Å²) in [5, 5.41) is 5.74. The number of benzene rings is 2. The molecule has 24 heavy (non-hydrogen) atoms. The third kappa shape index (κ3) is 4.17. The maximum absolute atomic E-state index is 12.4. The van der Waals surface area contributed by atoms with Crippen LogP contribution in [-0.2, 0) is 16.1 Å². The van der Waals surface area contributed by atoms with Crippen LogP contribution in [0.5, 0.6) is 0 Å². The van der Waals surface area contributed by atoms with Crippen LogP contribution in [0.4, 0.5) is 0 Å². The van der Waals surface area contributed by atoms with Crippen molar-refractivity contribution in [2.75, 3.05) is 0 Å². The van der Waals surface area contributed by atoms with Gasteiger partial charge in [-0.15, -0.1) is 0 Å². The predicted molar refractivity (Wildman–Crippen MR) is 101 cm³/mol. The van der Waals surface area contributed by atoms with Crippen LogP contribution in [0, 0.1) is 0 Å². The number of hydrogen-bond donors (Lipinski definition) is 1. The zero-order chi connectivity index (χ0) is 17.2. The van der Waals surface area contributed by atoms with E-state index in [1.807, 2.05) is 19.9 Å². The fraction of sp³-hybridized carbons (Fsp3) is 0.450. The van der Waals surface area contributed by atoms with Crippen molar-refractivity contribution in [1.29, 1.82) is 0 Å². The molecule has 0 radical (unpaired) electrons. The summed E-state index contributed by atoms with van der Waals surface area (Å²) in [4.78, 5) is 12.4. The zero-order valence-electron chi connectivity index (χ0n) is 14.3. The van der Waals surface area contributed by atoms with E-state index in [9.17, 15) is 4.79 Å². The van der Waals surface area contributed by atoms with E-state index in [0.29, 0.717) is 6.54 Å². The number of esters is 1. The minimum atomic E-state index is -0.683. The summed E-state index contributed by atoms with van der Waals surface area (Å²) >= 11 is 3.50. The predicted octanol–water partition coefficient (Wildman–Crippen LogP) is 4.96. The molecular weight excluding hydrogens is 366 g/mol. The monoisotopic (exact) mass is 389 g/mol. The first-order chi connectivity index (χ1) is 11.4. The lowest BCUT2D eigenvalue weighted by atomic mass is 10.0. The minimum Gasteiger partial charge on any atom is -0.461 e. The number of fused-ring (bicyclic) bond motifs is 1. The fourth-order valence-electron chi connectivity index (χ4n) is 3.08. The van der Waals surface area contributed by atoms with E-state index in [2.05, 4.69) is 51.6 Å². The SMILES string of the molecule is CC(C)(NCc1ccc2cc(Br)ccc2c1)C(=O)OC1CCCC1. The largest absolute Gasteiger partial charge is 0.461 e. The highest BCUT2D eigenvalue weighted by Gasteiger charge is 2.31. The zero-order valence-corrected chi connectivity index (χ0v) is 15.9. The first kappa shape index (κ1) is 17.4. The van der Waals surface area contributed by atoms with E-state index < -0.39 is 5.54 Å². The summed E-state index contributed by atoms with van der Waals surface area (Å²) in [6.07, 6.45) is 4.44. The number of halogens is 1. The first-order valence-electron chi connectivity index (χ1n) is 8.58. The summed E-state index contributed by atoms with van der Waals surface area (Å²) < 4.78 is 6.72. The Kier molecular flexibility index (Phi) is 5.26. The minimum absolute atomic E-state index is 0.109. The lowest BCUT2D eigenvalue weighted by molar-refractivity contribution is -0.155. The van der Waals surface area contributed by atoms with Gasteiger partial charge in [0.2, 0.25) is 0 Å². The van der Waals surface area contributed by atoms with Crippen molar-refractivity contribution >= 4 is 32.7 Å². The summed E-state index contributed by atoms with van der Waals surface area (Å²) in [7, 11) is 0. The summed E-state index contributed by atoms with van der Waals surface area (Å²) in [6, 6.07) is 12.6. The Morgan fingerprint density at radius 2 is 1.83 bits per heavy atom. The van der Waals surface area contributed by atoms with Crippen molar-refractivity contribution < 1.29 is 9.53 Å². The second-order valence-corrected chi connectivity index (χ2v) is 8.03. The van der Waals surface area contributed by atoms with E-state index >= 15 is 0 Å². The van der Waals surface area contributed by atoms with Gasteiger partial charge in [0, 0.05) is 11.0 Å². The number of ether oxygens (including phenoxy) is 1. The third-order valence-electron chi connectivity index (χ3n) is 4.69. The van der Waals surface area contributed by atoms with Crippen LogP contribution in [0.2, 0.25) is 0 Å². The Hall–Kier alpha value is -1.39. The molecule has 3 rings (SSSR count). The van der Waals surface area contributed by atoms with Crippen LogP contribution in [0.25, 0.3) is 10.8 Å². The van der Waals surface area contributed by atoms with Gasteiger partial charge in [0.25, 0.3) is 0 Å². The Morgan fingerprint density at radius 1 is 1.17 bits per heavy atom. The second-order valence-electron chi connectivity index (χ2n) is 7.12. The maximum atomic E-state index is 12.4. The van der Waals surface area contributed by atoms with Gasteiger partial charge in [-0.3, -0.25) is 10.1 Å². The smallest absolute Gasteiger partial charge is 0.326 e. The van der Waals surface area contributed by atoms with Gasteiger partial charge < -0.3 is 4.74 Å². The van der Waals surface area contributed by atoms with Crippen LogP contribution in [0.1, 0.15) is 45.1 Å². The van der Waals surface area contributed by atoms with Crippen molar-refractivity contribution in [3.05, 3.63) is 46.4 Å². The van der Waals surface area contributed by atoms with Gasteiger partial charge in [-0.25, -0.2) is 0 Å². The molecule has 1 fully saturated rings. The third-order valence-corrected chi connectivity index (χ3v) is 5.18. The van der Waals surface area contributed by atoms with Crippen molar-refractivity contribution in [3.8, 4) is 0 Å². The average molecular weight is 390 g/mol. The highest BCUT2D eigenvalue weighted by atomic mass is 79.9. The van der Waals surface area contributed by atoms with Gasteiger partial charge in [-0.1, -0.05) is 34.1 Å². The van der Waals surface area contributed by atoms with Crippen LogP contribution in [0.3, 0.4) is 0 Å². The van der Waals surface area contributed by atoms with E-state index in [1.54, 1.807) is 0 Å². The molecule has 0 saturated heterocycles. The standard InChI is InChI=1S/C20H24BrNO2/c1-20(2,19(23)24-18-5-3-4-6-18)22-13-14-7-8-16-12-17(21)10-9-15(16)11-14/h7-12,18,22H,3-6,13H2,1-2H3. The van der Waals surface area contributed by atoms with Crippen molar-refractivity contribution in [3.63, 3.8) is 0 Å². The molecule has 0 amide bonds. The summed E-state index contributed by atoms with van der Waals surface area (Å²) in [5.41, 5.74) is 0.476. The fourth-order valence-corrected chi connectivity index (χ4v) is 3.45. The van der Waals surface area contributed by atoms with Crippen molar-refractivity contribution in [2.45, 2.75) is 57.7 Å². The van der Waals surface area contributed by atoms with E-state index in [1.165, 1.54) is 23.6 Å². The number of nitrogens with one attached hydrogen (secondary N) is 1. The molecule has 4 heteroatoms. The van der Waals surface area contributed by atoms with Gasteiger partial charge in [0.1, 0.15) is 11.6 Å². The van der Waals surface area contributed by atoms with Gasteiger partial charge in [-0.05, 0) is 74.1 Å². The average Bonchev–Trinajstić information content (AvgIpc) is 3.06. The number of carbonyl (C=O) groups is 1. The summed E-state index contributed by atoms with van der Waals surface area (Å²) in [5.74, 6) is -0.154. The lowest BCUT2D eigenvalue weighted by Gasteiger charge is -2.26. The van der Waals surface area contributed by atoms with Gasteiger partial charge in [0.15, 0.2) is 0 Å². The summed E-state index contributed by atoms with van der Waals surface area (Å²) in [6.45, 7) is 4.42. The topological polar surface area (TPSA) is 38.3 Å². The normalized spacial score (nSPS) is 15.8.